The van der Waals surface area contributed by atoms with E-state index >= 15 is 0 Å². The minimum atomic E-state index is -1.42. The molecule has 1 unspecified atom stereocenters. The molecule has 0 radical (unpaired) electrons. The van der Waals surface area contributed by atoms with Crippen molar-refractivity contribution in [1.29, 1.82) is 0 Å². The summed E-state index contributed by atoms with van der Waals surface area (Å²) in [7, 11) is 0. The Morgan fingerprint density at radius 3 is 2.88 bits per heavy atom. The van der Waals surface area contributed by atoms with Gasteiger partial charge in [0.15, 0.2) is 0 Å². The molecule has 94 valence electrons. The van der Waals surface area contributed by atoms with Crippen LogP contribution in [0.5, 0.6) is 0 Å². The van der Waals surface area contributed by atoms with Gasteiger partial charge in [-0.3, -0.25) is 9.59 Å². The fraction of sp³-hybridized carbons (Fsp3) is 0.700. The monoisotopic (exact) mass is 242 g/mol. The molecule has 1 N–H and O–H groups in total. The van der Waals surface area contributed by atoms with Gasteiger partial charge in [0.25, 0.3) is 5.91 Å². The Balaban J connectivity index is 2.28. The van der Waals surface area contributed by atoms with Crippen LogP contribution in [0.25, 0.3) is 0 Å². The van der Waals surface area contributed by atoms with Crippen molar-refractivity contribution in [3.05, 3.63) is 0 Å². The van der Waals surface area contributed by atoms with Gasteiger partial charge in [-0.15, -0.1) is 0 Å². The number of carbonyl (C=O) groups is 3. The molecule has 0 spiro atoms. The SMILES string of the molecule is C[C@@H]1CCO[C@H]2CN(C=O)C(C(=O)O)C(=O)N12. The van der Waals surface area contributed by atoms with Crippen molar-refractivity contribution >= 4 is 18.3 Å². The van der Waals surface area contributed by atoms with Crippen LogP contribution in [0.3, 0.4) is 0 Å². The first-order valence-corrected chi connectivity index (χ1v) is 5.44. The summed E-state index contributed by atoms with van der Waals surface area (Å²) < 4.78 is 5.39. The molecular weight excluding hydrogens is 228 g/mol. The number of nitrogens with zero attached hydrogens (tertiary/aromatic N) is 2. The van der Waals surface area contributed by atoms with E-state index < -0.39 is 24.1 Å². The predicted octanol–water partition coefficient (Wildman–Crippen LogP) is -1.12. The molecule has 2 heterocycles. The van der Waals surface area contributed by atoms with E-state index in [1.807, 2.05) is 6.92 Å². The van der Waals surface area contributed by atoms with E-state index in [2.05, 4.69) is 0 Å². The third-order valence-corrected chi connectivity index (χ3v) is 3.19. The second kappa shape index (κ2) is 4.33. The van der Waals surface area contributed by atoms with Crippen molar-refractivity contribution in [1.82, 2.24) is 9.80 Å². The average molecular weight is 242 g/mol. The zero-order valence-corrected chi connectivity index (χ0v) is 9.41. The zero-order valence-electron chi connectivity index (χ0n) is 9.41. The zero-order chi connectivity index (χ0) is 12.6. The highest BCUT2D eigenvalue weighted by Gasteiger charge is 2.47. The standard InChI is InChI=1S/C10H14N2O5/c1-6-2-3-17-7-4-11(5-13)8(10(15)16)9(14)12(6)7/h5-8H,2-4H2,1H3,(H,15,16)/t6-,7+,8?/m1/s1. The summed E-state index contributed by atoms with van der Waals surface area (Å²) in [6.07, 6.45) is 0.541. The molecular formula is C10H14N2O5. The number of fused-ring (bicyclic) bond motifs is 1. The van der Waals surface area contributed by atoms with Crippen molar-refractivity contribution in [2.24, 2.45) is 0 Å². The first kappa shape index (κ1) is 11.8. The number of hydrogen-bond donors (Lipinski definition) is 1. The number of carboxylic acids is 1. The predicted molar refractivity (Wildman–Crippen MR) is 54.9 cm³/mol. The minimum Gasteiger partial charge on any atom is -0.479 e. The molecule has 0 saturated carbocycles. The number of ether oxygens (including phenoxy) is 1. The molecule has 2 fully saturated rings. The van der Waals surface area contributed by atoms with E-state index in [4.69, 9.17) is 9.84 Å². The van der Waals surface area contributed by atoms with E-state index in [0.29, 0.717) is 19.4 Å². The van der Waals surface area contributed by atoms with Crippen LogP contribution in [-0.2, 0) is 19.1 Å². The van der Waals surface area contributed by atoms with Gasteiger partial charge in [0.05, 0.1) is 13.2 Å². The van der Waals surface area contributed by atoms with Gasteiger partial charge in [0.2, 0.25) is 12.5 Å². The van der Waals surface area contributed by atoms with Crippen molar-refractivity contribution < 1.29 is 24.2 Å². The molecule has 2 saturated heterocycles. The highest BCUT2D eigenvalue weighted by atomic mass is 16.5. The fourth-order valence-corrected chi connectivity index (χ4v) is 2.30. The maximum atomic E-state index is 12.0. The molecule has 2 amide bonds. The van der Waals surface area contributed by atoms with Crippen molar-refractivity contribution in [3.63, 3.8) is 0 Å². The lowest BCUT2D eigenvalue weighted by Crippen LogP contribution is -2.67. The smallest absolute Gasteiger partial charge is 0.336 e. The summed E-state index contributed by atoms with van der Waals surface area (Å²) >= 11 is 0. The second-order valence-corrected chi connectivity index (χ2v) is 4.25. The molecule has 0 bridgehead atoms. The van der Waals surface area contributed by atoms with Crippen LogP contribution in [0.15, 0.2) is 0 Å². The van der Waals surface area contributed by atoms with Crippen LogP contribution >= 0.6 is 0 Å². The van der Waals surface area contributed by atoms with Crippen molar-refractivity contribution in [2.45, 2.75) is 31.7 Å². The molecule has 0 aromatic heterocycles. The Morgan fingerprint density at radius 1 is 1.59 bits per heavy atom. The van der Waals surface area contributed by atoms with E-state index in [0.717, 1.165) is 4.90 Å². The van der Waals surface area contributed by atoms with E-state index in [1.165, 1.54) is 4.90 Å². The van der Waals surface area contributed by atoms with Gasteiger partial charge in [0, 0.05) is 6.04 Å². The maximum absolute atomic E-state index is 12.0. The van der Waals surface area contributed by atoms with E-state index in [9.17, 15) is 14.4 Å². The highest BCUT2D eigenvalue weighted by Crippen LogP contribution is 2.24. The van der Waals surface area contributed by atoms with Gasteiger partial charge < -0.3 is 19.6 Å². The molecule has 2 aliphatic rings. The lowest BCUT2D eigenvalue weighted by molar-refractivity contribution is -0.191. The number of hydrogen-bond acceptors (Lipinski definition) is 4. The van der Waals surface area contributed by atoms with Crippen LogP contribution in [0.4, 0.5) is 0 Å². The molecule has 0 aromatic rings. The molecule has 2 rings (SSSR count). The molecule has 17 heavy (non-hydrogen) atoms. The fourth-order valence-electron chi connectivity index (χ4n) is 2.30. The van der Waals surface area contributed by atoms with Crippen LogP contribution < -0.4 is 0 Å². The van der Waals surface area contributed by atoms with E-state index in [-0.39, 0.29) is 12.6 Å². The van der Waals surface area contributed by atoms with Crippen LogP contribution in [0.2, 0.25) is 0 Å². The molecule has 0 aromatic carbocycles. The summed E-state index contributed by atoms with van der Waals surface area (Å²) in [5.74, 6) is -1.88. The number of carboxylic acid groups (broad SMARTS) is 1. The number of amides is 2. The van der Waals surface area contributed by atoms with Gasteiger partial charge in [-0.25, -0.2) is 4.79 Å². The summed E-state index contributed by atoms with van der Waals surface area (Å²) in [5.41, 5.74) is 0. The summed E-state index contributed by atoms with van der Waals surface area (Å²) in [4.78, 5) is 36.3. The van der Waals surface area contributed by atoms with Gasteiger partial charge in [0.1, 0.15) is 6.23 Å². The lowest BCUT2D eigenvalue weighted by Gasteiger charge is -2.47. The largest absolute Gasteiger partial charge is 0.479 e. The Kier molecular flexibility index (Phi) is 3.01. The number of rotatable bonds is 2. The second-order valence-electron chi connectivity index (χ2n) is 4.25. The van der Waals surface area contributed by atoms with Gasteiger partial charge in [-0.1, -0.05) is 0 Å². The molecule has 0 aliphatic carbocycles. The molecule has 2 aliphatic heterocycles. The number of piperazine rings is 1. The van der Waals surface area contributed by atoms with Crippen LogP contribution in [0, 0.1) is 0 Å². The first-order valence-electron chi connectivity index (χ1n) is 5.44. The first-order chi connectivity index (χ1) is 8.06. The van der Waals surface area contributed by atoms with Crippen molar-refractivity contribution in [2.75, 3.05) is 13.2 Å². The molecule has 7 nitrogen and oxygen atoms in total. The Bertz CT molecular complexity index is 359. The summed E-state index contributed by atoms with van der Waals surface area (Å²) in [6, 6.07) is -1.48. The quantitative estimate of drug-likeness (QED) is 0.489. The normalized spacial score (nSPS) is 33.2. The van der Waals surface area contributed by atoms with Gasteiger partial charge >= 0.3 is 5.97 Å². The Morgan fingerprint density at radius 2 is 2.29 bits per heavy atom. The number of carbonyl (C=O) groups excluding carboxylic acids is 2. The average Bonchev–Trinajstić information content (AvgIpc) is 2.27. The van der Waals surface area contributed by atoms with Gasteiger partial charge in [-0.2, -0.15) is 0 Å². The summed E-state index contributed by atoms with van der Waals surface area (Å²) in [6.45, 7) is 2.47. The van der Waals surface area contributed by atoms with Crippen LogP contribution in [0.1, 0.15) is 13.3 Å². The third kappa shape index (κ3) is 1.86. The third-order valence-electron chi connectivity index (χ3n) is 3.19. The van der Waals surface area contributed by atoms with E-state index in [1.54, 1.807) is 0 Å². The lowest BCUT2D eigenvalue weighted by atomic mass is 10.1. The highest BCUT2D eigenvalue weighted by molar-refractivity contribution is 6.03. The Labute approximate surface area is 97.9 Å². The maximum Gasteiger partial charge on any atom is 0.336 e. The molecule has 3 atom stereocenters. The summed E-state index contributed by atoms with van der Waals surface area (Å²) in [5, 5.41) is 9.00. The topological polar surface area (TPSA) is 87.1 Å². The Hall–Kier alpha value is -1.63. The molecule has 7 heteroatoms. The number of aliphatic carboxylic acids is 1. The van der Waals surface area contributed by atoms with Gasteiger partial charge in [-0.05, 0) is 13.3 Å². The van der Waals surface area contributed by atoms with Crippen LogP contribution in [-0.4, -0.2) is 64.7 Å². The van der Waals surface area contributed by atoms with Crippen molar-refractivity contribution in [3.8, 4) is 0 Å². The minimum absolute atomic E-state index is 0.0584.